The second-order valence-corrected chi connectivity index (χ2v) is 3.44. The van der Waals surface area contributed by atoms with Crippen molar-refractivity contribution in [3.8, 4) is 11.6 Å². The number of aromatic nitrogens is 2. The minimum absolute atomic E-state index is 0.234. The van der Waals surface area contributed by atoms with Crippen molar-refractivity contribution >= 4 is 18.9 Å². The molecule has 7 heteroatoms. The summed E-state index contributed by atoms with van der Waals surface area (Å²) in [5, 5.41) is 22.0. The molecule has 0 fully saturated rings. The number of halogens is 1. The monoisotopic (exact) mass is 238 g/mol. The van der Waals surface area contributed by atoms with E-state index in [0.717, 1.165) is 0 Å². The number of rotatable bonds is 3. The van der Waals surface area contributed by atoms with Gasteiger partial charge in [0.05, 0.1) is 11.9 Å². The van der Waals surface area contributed by atoms with Crippen molar-refractivity contribution in [3.05, 3.63) is 41.6 Å². The molecule has 0 amide bonds. The van der Waals surface area contributed by atoms with Crippen molar-refractivity contribution < 1.29 is 14.7 Å². The number of hydrogen-bond acceptors (Lipinski definition) is 4. The largest absolute Gasteiger partial charge is 0.708 e. The van der Waals surface area contributed by atoms with E-state index in [1.807, 2.05) is 0 Å². The maximum Gasteiger partial charge on any atom is 0.708 e. The van der Waals surface area contributed by atoms with Gasteiger partial charge in [-0.15, -0.1) is 0 Å². The molecule has 0 radical (unpaired) electrons. The fraction of sp³-hybridized carbons (Fsp3) is 0. The van der Waals surface area contributed by atoms with Crippen molar-refractivity contribution in [1.82, 2.24) is 9.78 Å². The van der Waals surface area contributed by atoms with Crippen LogP contribution >= 0.6 is 11.6 Å². The normalized spacial score (nSPS) is 10.2. The summed E-state index contributed by atoms with van der Waals surface area (Å²) in [5.74, 6) is 0.234. The summed E-state index contributed by atoms with van der Waals surface area (Å²) in [6.45, 7) is 0. The zero-order valence-electron chi connectivity index (χ0n) is 8.12. The maximum absolute atomic E-state index is 8.71. The fourth-order valence-electron chi connectivity index (χ4n) is 1.26. The van der Waals surface area contributed by atoms with Gasteiger partial charge >= 0.3 is 7.32 Å². The molecule has 1 aromatic heterocycles. The predicted molar refractivity (Wildman–Crippen MR) is 59.4 cm³/mol. The molecule has 16 heavy (non-hydrogen) atoms. The average molecular weight is 238 g/mol. The van der Waals surface area contributed by atoms with Crippen molar-refractivity contribution in [2.75, 3.05) is 0 Å². The van der Waals surface area contributed by atoms with E-state index in [0.29, 0.717) is 10.7 Å². The van der Waals surface area contributed by atoms with E-state index in [9.17, 15) is 0 Å². The molecule has 0 aliphatic heterocycles. The molecule has 2 rings (SSSR count). The van der Waals surface area contributed by atoms with Gasteiger partial charge in [0, 0.05) is 11.1 Å². The SMILES string of the molecule is OB(O)Oc1ccnn1-c1ccc(Cl)cc1. The molecule has 0 bridgehead atoms. The maximum atomic E-state index is 8.71. The van der Waals surface area contributed by atoms with Crippen molar-refractivity contribution in [2.24, 2.45) is 0 Å². The summed E-state index contributed by atoms with van der Waals surface area (Å²) < 4.78 is 6.17. The van der Waals surface area contributed by atoms with Gasteiger partial charge in [-0.3, -0.25) is 0 Å². The average Bonchev–Trinajstić information content (AvgIpc) is 2.66. The predicted octanol–water partition coefficient (Wildman–Crippen LogP) is 0.874. The molecule has 0 atom stereocenters. The molecule has 2 N–H and O–H groups in total. The van der Waals surface area contributed by atoms with Gasteiger partial charge in [0.2, 0.25) is 5.88 Å². The van der Waals surface area contributed by atoms with Crippen LogP contribution in [0, 0.1) is 0 Å². The zero-order chi connectivity index (χ0) is 11.5. The van der Waals surface area contributed by atoms with Crippen molar-refractivity contribution in [3.63, 3.8) is 0 Å². The minimum atomic E-state index is -1.87. The Hall–Kier alpha value is -1.50. The van der Waals surface area contributed by atoms with Crippen molar-refractivity contribution in [1.29, 1.82) is 0 Å². The highest BCUT2D eigenvalue weighted by molar-refractivity contribution is 6.33. The summed E-state index contributed by atoms with van der Waals surface area (Å²) in [6.07, 6.45) is 1.49. The van der Waals surface area contributed by atoms with Gasteiger partial charge in [0.15, 0.2) is 0 Å². The Morgan fingerprint density at radius 1 is 1.19 bits per heavy atom. The van der Waals surface area contributed by atoms with Crippen LogP contribution < -0.4 is 4.65 Å². The zero-order valence-corrected chi connectivity index (χ0v) is 8.87. The Kier molecular flexibility index (Phi) is 3.14. The molecule has 5 nitrogen and oxygen atoms in total. The van der Waals surface area contributed by atoms with E-state index in [2.05, 4.69) is 5.10 Å². The van der Waals surface area contributed by atoms with Gasteiger partial charge in [-0.05, 0) is 24.3 Å². The number of hydrogen-bond donors (Lipinski definition) is 2. The molecule has 1 heterocycles. The van der Waals surface area contributed by atoms with Crippen LogP contribution in [0.3, 0.4) is 0 Å². The van der Waals surface area contributed by atoms with Crippen LogP contribution in [0.5, 0.6) is 5.88 Å². The molecule has 0 saturated heterocycles. The lowest BCUT2D eigenvalue weighted by molar-refractivity contribution is 0.279. The molecule has 2 aromatic rings. The van der Waals surface area contributed by atoms with E-state index in [4.69, 9.17) is 26.3 Å². The third-order valence-electron chi connectivity index (χ3n) is 1.91. The molecular weight excluding hydrogens is 230 g/mol. The van der Waals surface area contributed by atoms with Crippen LogP contribution in [0.2, 0.25) is 5.02 Å². The first-order chi connectivity index (χ1) is 7.66. The van der Waals surface area contributed by atoms with Crippen molar-refractivity contribution in [2.45, 2.75) is 0 Å². The summed E-state index contributed by atoms with van der Waals surface area (Å²) in [4.78, 5) is 0. The third-order valence-corrected chi connectivity index (χ3v) is 2.16. The third kappa shape index (κ3) is 2.36. The molecule has 1 aromatic carbocycles. The highest BCUT2D eigenvalue weighted by atomic mass is 35.5. The molecular formula is C9H8BClN2O3. The lowest BCUT2D eigenvalue weighted by atomic mass is 10.3. The molecule has 82 valence electrons. The first-order valence-corrected chi connectivity index (χ1v) is 4.87. The highest BCUT2D eigenvalue weighted by Gasteiger charge is 2.15. The fourth-order valence-corrected chi connectivity index (χ4v) is 1.39. The number of benzene rings is 1. The van der Waals surface area contributed by atoms with Gasteiger partial charge in [0.1, 0.15) is 0 Å². The highest BCUT2D eigenvalue weighted by Crippen LogP contribution is 2.18. The van der Waals surface area contributed by atoms with E-state index >= 15 is 0 Å². The smallest absolute Gasteiger partial charge is 0.498 e. The standard InChI is InChI=1S/C9H8BClN2O3/c11-7-1-3-8(4-2-7)13-9(5-6-12-13)16-10(14)15/h1-6,14-15H. The van der Waals surface area contributed by atoms with Crippen LogP contribution in [0.15, 0.2) is 36.5 Å². The van der Waals surface area contributed by atoms with Gasteiger partial charge in [-0.2, -0.15) is 5.10 Å². The van der Waals surface area contributed by atoms with Gasteiger partial charge in [-0.1, -0.05) is 11.6 Å². The Morgan fingerprint density at radius 2 is 1.88 bits per heavy atom. The van der Waals surface area contributed by atoms with Crippen LogP contribution in [0.4, 0.5) is 0 Å². The Labute approximate surface area is 97.0 Å². The summed E-state index contributed by atoms with van der Waals surface area (Å²) >= 11 is 5.76. The minimum Gasteiger partial charge on any atom is -0.498 e. The first kappa shape index (κ1) is 11.0. The topological polar surface area (TPSA) is 67.5 Å². The Balaban J connectivity index is 2.33. The van der Waals surface area contributed by atoms with E-state index < -0.39 is 7.32 Å². The van der Waals surface area contributed by atoms with Gasteiger partial charge in [0.25, 0.3) is 0 Å². The molecule has 0 aliphatic rings. The molecule has 0 aliphatic carbocycles. The molecule has 0 saturated carbocycles. The molecule has 0 spiro atoms. The van der Waals surface area contributed by atoms with Crippen LogP contribution in [-0.2, 0) is 0 Å². The lowest BCUT2D eigenvalue weighted by Crippen LogP contribution is -2.22. The summed E-state index contributed by atoms with van der Waals surface area (Å²) in [7, 11) is -1.87. The Bertz CT molecular complexity index is 472. The second-order valence-electron chi connectivity index (χ2n) is 3.00. The summed E-state index contributed by atoms with van der Waals surface area (Å²) in [5.41, 5.74) is 0.713. The lowest BCUT2D eigenvalue weighted by Gasteiger charge is -2.08. The van der Waals surface area contributed by atoms with Gasteiger partial charge in [-0.25, -0.2) is 4.68 Å². The molecule has 0 unspecified atom stereocenters. The quantitative estimate of drug-likeness (QED) is 0.779. The van der Waals surface area contributed by atoms with Crippen LogP contribution in [0.1, 0.15) is 0 Å². The van der Waals surface area contributed by atoms with Gasteiger partial charge < -0.3 is 14.7 Å². The van der Waals surface area contributed by atoms with E-state index in [1.165, 1.54) is 16.9 Å². The number of nitrogens with zero attached hydrogens (tertiary/aromatic N) is 2. The van der Waals surface area contributed by atoms with Crippen LogP contribution in [-0.4, -0.2) is 27.1 Å². The van der Waals surface area contributed by atoms with E-state index in [1.54, 1.807) is 24.3 Å². The second kappa shape index (κ2) is 4.57. The van der Waals surface area contributed by atoms with Crippen LogP contribution in [0.25, 0.3) is 5.69 Å². The summed E-state index contributed by atoms with van der Waals surface area (Å²) in [6, 6.07) is 8.42. The first-order valence-electron chi connectivity index (χ1n) is 4.49. The van der Waals surface area contributed by atoms with E-state index in [-0.39, 0.29) is 5.88 Å². The Morgan fingerprint density at radius 3 is 2.50 bits per heavy atom.